The highest BCUT2D eigenvalue weighted by Gasteiger charge is 2.20. The molecule has 6 heteroatoms. The molecule has 2 aromatic carbocycles. The van der Waals surface area contributed by atoms with Gasteiger partial charge in [0.05, 0.1) is 4.90 Å². The van der Waals surface area contributed by atoms with E-state index < -0.39 is 10.0 Å². The molecule has 0 unspecified atom stereocenters. The van der Waals surface area contributed by atoms with E-state index in [2.05, 4.69) is 0 Å². The van der Waals surface area contributed by atoms with Crippen LogP contribution >= 0.6 is 0 Å². The fourth-order valence-corrected chi connectivity index (χ4v) is 3.13. The van der Waals surface area contributed by atoms with Gasteiger partial charge in [0.2, 0.25) is 10.0 Å². The Morgan fingerprint density at radius 1 is 1.14 bits per heavy atom. The van der Waals surface area contributed by atoms with E-state index in [-0.39, 0.29) is 17.3 Å². The van der Waals surface area contributed by atoms with E-state index in [9.17, 15) is 8.42 Å². The lowest BCUT2D eigenvalue weighted by Crippen LogP contribution is -2.26. The van der Waals surface area contributed by atoms with Crippen molar-refractivity contribution in [1.29, 1.82) is 5.41 Å². The summed E-state index contributed by atoms with van der Waals surface area (Å²) in [6, 6.07) is 15.3. The average Bonchev–Trinajstić information content (AvgIpc) is 2.48. The Balaban J connectivity index is 2.24. The zero-order valence-corrected chi connectivity index (χ0v) is 12.5. The third-order valence-electron chi connectivity index (χ3n) is 3.09. The van der Waals surface area contributed by atoms with E-state index in [0.29, 0.717) is 5.56 Å². The second-order valence-corrected chi connectivity index (χ2v) is 6.73. The fraction of sp³-hybridized carbons (Fsp3) is 0.133. The van der Waals surface area contributed by atoms with Gasteiger partial charge in [-0.15, -0.1) is 0 Å². The molecule has 0 saturated heterocycles. The first kappa shape index (κ1) is 15.2. The van der Waals surface area contributed by atoms with Crippen LogP contribution in [0, 0.1) is 5.41 Å². The Morgan fingerprint density at radius 3 is 2.43 bits per heavy atom. The third-order valence-corrected chi connectivity index (χ3v) is 4.91. The van der Waals surface area contributed by atoms with Gasteiger partial charge in [0.25, 0.3) is 0 Å². The number of amidine groups is 1. The van der Waals surface area contributed by atoms with Gasteiger partial charge in [-0.25, -0.2) is 8.42 Å². The van der Waals surface area contributed by atoms with Crippen molar-refractivity contribution in [3.05, 3.63) is 65.7 Å². The highest BCUT2D eigenvalue weighted by Crippen LogP contribution is 2.16. The van der Waals surface area contributed by atoms with Crippen molar-refractivity contribution in [1.82, 2.24) is 4.31 Å². The molecule has 0 aromatic heterocycles. The van der Waals surface area contributed by atoms with Gasteiger partial charge in [0.15, 0.2) is 0 Å². The molecule has 0 bridgehead atoms. The van der Waals surface area contributed by atoms with Crippen LogP contribution in [0.4, 0.5) is 0 Å². The van der Waals surface area contributed by atoms with Crippen LogP contribution in [0.2, 0.25) is 0 Å². The summed E-state index contributed by atoms with van der Waals surface area (Å²) in [7, 11) is -1.99. The number of nitrogens with zero attached hydrogens (tertiary/aromatic N) is 1. The minimum Gasteiger partial charge on any atom is -0.384 e. The van der Waals surface area contributed by atoms with Crippen LogP contribution in [-0.2, 0) is 16.6 Å². The number of nitrogens with one attached hydrogen (secondary N) is 1. The first-order chi connectivity index (χ1) is 9.91. The highest BCUT2D eigenvalue weighted by molar-refractivity contribution is 7.89. The third kappa shape index (κ3) is 3.48. The predicted molar refractivity (Wildman–Crippen MR) is 82.6 cm³/mol. The maximum absolute atomic E-state index is 12.4. The van der Waals surface area contributed by atoms with Gasteiger partial charge in [-0.3, -0.25) is 5.41 Å². The van der Waals surface area contributed by atoms with Gasteiger partial charge < -0.3 is 5.73 Å². The Morgan fingerprint density at radius 2 is 1.81 bits per heavy atom. The van der Waals surface area contributed by atoms with Crippen LogP contribution in [0.5, 0.6) is 0 Å². The lowest BCUT2D eigenvalue weighted by atomic mass is 10.1. The molecule has 0 fully saturated rings. The molecule has 0 saturated carbocycles. The second kappa shape index (κ2) is 6.07. The van der Waals surface area contributed by atoms with E-state index in [0.717, 1.165) is 5.56 Å². The quantitative estimate of drug-likeness (QED) is 0.652. The van der Waals surface area contributed by atoms with Crippen molar-refractivity contribution in [2.24, 2.45) is 5.73 Å². The van der Waals surface area contributed by atoms with E-state index in [1.54, 1.807) is 48.5 Å². The first-order valence-corrected chi connectivity index (χ1v) is 7.80. The van der Waals surface area contributed by atoms with Crippen LogP contribution in [-0.4, -0.2) is 25.6 Å². The molecule has 0 heterocycles. The fourth-order valence-electron chi connectivity index (χ4n) is 1.95. The summed E-state index contributed by atoms with van der Waals surface area (Å²) in [5.41, 5.74) is 6.81. The molecule has 110 valence electrons. The van der Waals surface area contributed by atoms with Crippen LogP contribution in [0.25, 0.3) is 0 Å². The van der Waals surface area contributed by atoms with Crippen LogP contribution < -0.4 is 5.73 Å². The second-order valence-electron chi connectivity index (χ2n) is 4.69. The van der Waals surface area contributed by atoms with Gasteiger partial charge >= 0.3 is 0 Å². The number of rotatable bonds is 5. The summed E-state index contributed by atoms with van der Waals surface area (Å²) >= 11 is 0. The molecule has 0 aliphatic heterocycles. The van der Waals surface area contributed by atoms with E-state index in [1.807, 2.05) is 6.07 Å². The standard InChI is InChI=1S/C15H17N3O2S/c1-18(21(19,20)14-8-3-2-4-9-14)11-12-6-5-7-13(10-12)15(16)17/h2-10H,11H2,1H3,(H3,16,17). The molecule has 0 aliphatic rings. The zero-order chi connectivity index (χ0) is 15.5. The largest absolute Gasteiger partial charge is 0.384 e. The maximum atomic E-state index is 12.4. The predicted octanol–water partition coefficient (Wildman–Crippen LogP) is 1.79. The summed E-state index contributed by atoms with van der Waals surface area (Å²) in [6.45, 7) is 0.221. The molecule has 2 aromatic rings. The number of sulfonamides is 1. The summed E-state index contributed by atoms with van der Waals surface area (Å²) in [4.78, 5) is 0.259. The van der Waals surface area contributed by atoms with Crippen molar-refractivity contribution in [3.8, 4) is 0 Å². The lowest BCUT2D eigenvalue weighted by Gasteiger charge is -2.17. The molecule has 0 amide bonds. The van der Waals surface area contributed by atoms with E-state index in [1.165, 1.54) is 11.4 Å². The zero-order valence-electron chi connectivity index (χ0n) is 11.7. The average molecular weight is 303 g/mol. The topological polar surface area (TPSA) is 87.2 Å². The van der Waals surface area contributed by atoms with Crippen molar-refractivity contribution in [2.75, 3.05) is 7.05 Å². The molecule has 0 radical (unpaired) electrons. The Labute approximate surface area is 124 Å². The first-order valence-electron chi connectivity index (χ1n) is 6.36. The number of hydrogen-bond acceptors (Lipinski definition) is 3. The van der Waals surface area contributed by atoms with E-state index in [4.69, 9.17) is 11.1 Å². The molecule has 5 nitrogen and oxygen atoms in total. The molecular formula is C15H17N3O2S. The summed E-state index contributed by atoms with van der Waals surface area (Å²) in [5, 5.41) is 7.42. The van der Waals surface area contributed by atoms with Gasteiger partial charge in [-0.2, -0.15) is 4.31 Å². The molecule has 0 aliphatic carbocycles. The van der Waals surface area contributed by atoms with Gasteiger partial charge in [-0.1, -0.05) is 36.4 Å². The summed E-state index contributed by atoms with van der Waals surface area (Å²) in [5.74, 6) is -0.0366. The molecular weight excluding hydrogens is 286 g/mol. The lowest BCUT2D eigenvalue weighted by molar-refractivity contribution is 0.466. The van der Waals surface area contributed by atoms with Crippen LogP contribution in [0.1, 0.15) is 11.1 Å². The Hall–Kier alpha value is -2.18. The van der Waals surface area contributed by atoms with Gasteiger partial charge in [0, 0.05) is 19.2 Å². The van der Waals surface area contributed by atoms with Crippen molar-refractivity contribution >= 4 is 15.9 Å². The highest BCUT2D eigenvalue weighted by atomic mass is 32.2. The Bertz CT molecular complexity index is 743. The van der Waals surface area contributed by atoms with E-state index >= 15 is 0 Å². The minimum absolute atomic E-state index is 0.0366. The molecule has 0 spiro atoms. The monoisotopic (exact) mass is 303 g/mol. The number of benzene rings is 2. The number of nitrogen functional groups attached to an aromatic ring is 1. The maximum Gasteiger partial charge on any atom is 0.243 e. The van der Waals surface area contributed by atoms with Crippen LogP contribution in [0.15, 0.2) is 59.5 Å². The normalized spacial score (nSPS) is 11.5. The van der Waals surface area contributed by atoms with Crippen LogP contribution in [0.3, 0.4) is 0 Å². The summed E-state index contributed by atoms with van der Waals surface area (Å²) < 4.78 is 26.1. The number of nitrogens with two attached hydrogens (primary N) is 1. The molecule has 0 atom stereocenters. The van der Waals surface area contributed by atoms with Gasteiger partial charge in [0.1, 0.15) is 5.84 Å². The Kier molecular flexibility index (Phi) is 4.40. The number of hydrogen-bond donors (Lipinski definition) is 2. The minimum atomic E-state index is -3.52. The molecule has 3 N–H and O–H groups in total. The van der Waals surface area contributed by atoms with Gasteiger partial charge in [-0.05, 0) is 23.8 Å². The molecule has 21 heavy (non-hydrogen) atoms. The van der Waals surface area contributed by atoms with Crippen molar-refractivity contribution < 1.29 is 8.42 Å². The molecule has 2 rings (SSSR count). The van der Waals surface area contributed by atoms with Crippen molar-refractivity contribution in [3.63, 3.8) is 0 Å². The van der Waals surface area contributed by atoms with Crippen molar-refractivity contribution in [2.45, 2.75) is 11.4 Å². The summed E-state index contributed by atoms with van der Waals surface area (Å²) in [6.07, 6.45) is 0. The SMILES string of the molecule is CN(Cc1cccc(C(=N)N)c1)S(=O)(=O)c1ccccc1. The smallest absolute Gasteiger partial charge is 0.243 e.